The van der Waals surface area contributed by atoms with E-state index >= 15 is 0 Å². The molecule has 60 valence electrons. The SMILES string of the molecule is Brc1cnc2c(Br)ccccc1-2. The Bertz CT molecular complexity index is 387. The van der Waals surface area contributed by atoms with E-state index in [1.165, 1.54) is 0 Å². The number of fused-ring (bicyclic) bond motifs is 1. The summed E-state index contributed by atoms with van der Waals surface area (Å²) >= 11 is 6.90. The number of rotatable bonds is 0. The lowest BCUT2D eigenvalue weighted by molar-refractivity contribution is 1.40. The third-order valence-corrected chi connectivity index (χ3v) is 2.93. The fourth-order valence-electron chi connectivity index (χ4n) is 1.09. The summed E-state index contributed by atoms with van der Waals surface area (Å²) in [6.45, 7) is 0. The van der Waals surface area contributed by atoms with E-state index in [4.69, 9.17) is 0 Å². The highest BCUT2D eigenvalue weighted by Gasteiger charge is 2.09. The Hall–Kier alpha value is -0.410. The molecule has 0 saturated carbocycles. The molecule has 0 unspecified atom stereocenters. The zero-order valence-corrected chi connectivity index (χ0v) is 9.26. The zero-order valence-electron chi connectivity index (χ0n) is 6.09. The maximum absolute atomic E-state index is 4.26. The van der Waals surface area contributed by atoms with E-state index in [9.17, 15) is 0 Å². The third-order valence-electron chi connectivity index (χ3n) is 1.66. The molecule has 12 heavy (non-hydrogen) atoms. The van der Waals surface area contributed by atoms with Crippen molar-refractivity contribution in [2.75, 3.05) is 0 Å². The van der Waals surface area contributed by atoms with Crippen LogP contribution in [-0.4, -0.2) is 4.98 Å². The minimum atomic E-state index is 0.992. The molecule has 0 saturated heterocycles. The van der Waals surface area contributed by atoms with Crippen LogP contribution in [0.1, 0.15) is 0 Å². The summed E-state index contributed by atoms with van der Waals surface area (Å²) in [6, 6.07) is 8.01. The molecule has 1 aliphatic carbocycles. The van der Waals surface area contributed by atoms with Crippen molar-refractivity contribution in [2.45, 2.75) is 0 Å². The molecule has 0 aromatic rings. The van der Waals surface area contributed by atoms with Crippen molar-refractivity contribution in [1.29, 1.82) is 0 Å². The number of halogens is 2. The Kier molecular flexibility index (Phi) is 2.15. The maximum Gasteiger partial charge on any atom is 0.0856 e. The fraction of sp³-hybridized carbons (Fsp3) is 0. The highest BCUT2D eigenvalue weighted by atomic mass is 79.9. The molecule has 0 aromatic carbocycles. The summed E-state index contributed by atoms with van der Waals surface area (Å²) in [4.78, 5) is 4.26. The Morgan fingerprint density at radius 2 is 1.75 bits per heavy atom. The largest absolute Gasteiger partial charge is 0.254 e. The lowest BCUT2D eigenvalue weighted by Crippen LogP contribution is -1.71. The summed E-state index contributed by atoms with van der Waals surface area (Å²) in [7, 11) is 0. The topological polar surface area (TPSA) is 12.9 Å². The molecular weight excluding hydrogens is 282 g/mol. The predicted molar refractivity (Wildman–Crippen MR) is 56.3 cm³/mol. The van der Waals surface area contributed by atoms with Crippen LogP contribution in [0.4, 0.5) is 0 Å². The Morgan fingerprint density at radius 1 is 1.00 bits per heavy atom. The monoisotopic (exact) mass is 285 g/mol. The number of hydrogen-bond donors (Lipinski definition) is 0. The Labute approximate surface area is 87.4 Å². The van der Waals surface area contributed by atoms with Gasteiger partial charge in [-0.1, -0.05) is 18.2 Å². The van der Waals surface area contributed by atoms with Crippen LogP contribution in [0.3, 0.4) is 0 Å². The van der Waals surface area contributed by atoms with Crippen LogP contribution in [0.25, 0.3) is 11.3 Å². The van der Waals surface area contributed by atoms with Crippen LogP contribution in [0.15, 0.2) is 39.4 Å². The van der Waals surface area contributed by atoms with Gasteiger partial charge in [0, 0.05) is 20.7 Å². The average Bonchev–Trinajstić information content (AvgIpc) is 2.30. The molecule has 1 nitrogen and oxygen atoms in total. The van der Waals surface area contributed by atoms with Crippen LogP contribution >= 0.6 is 31.9 Å². The predicted octanol–water partition coefficient (Wildman–Crippen LogP) is 3.71. The van der Waals surface area contributed by atoms with Gasteiger partial charge in [-0.3, -0.25) is 4.98 Å². The zero-order chi connectivity index (χ0) is 8.55. The van der Waals surface area contributed by atoms with Gasteiger partial charge in [-0.15, -0.1) is 0 Å². The summed E-state index contributed by atoms with van der Waals surface area (Å²) in [5, 5.41) is 0. The average molecular weight is 287 g/mol. The molecule has 1 heterocycles. The van der Waals surface area contributed by atoms with Crippen molar-refractivity contribution < 1.29 is 0 Å². The van der Waals surface area contributed by atoms with E-state index in [2.05, 4.69) is 36.8 Å². The van der Waals surface area contributed by atoms with Crippen molar-refractivity contribution in [3.8, 4) is 11.3 Å². The number of hydrogen-bond acceptors (Lipinski definition) is 1. The van der Waals surface area contributed by atoms with Gasteiger partial charge < -0.3 is 0 Å². The van der Waals surface area contributed by atoms with Gasteiger partial charge in [0.25, 0.3) is 0 Å². The second kappa shape index (κ2) is 3.15. The lowest BCUT2D eigenvalue weighted by Gasteiger charge is -1.92. The third kappa shape index (κ3) is 1.27. The first-order chi connectivity index (χ1) is 5.79. The molecule has 0 fully saturated rings. The van der Waals surface area contributed by atoms with Crippen molar-refractivity contribution in [2.24, 2.45) is 0 Å². The first-order valence-corrected chi connectivity index (χ1v) is 5.06. The van der Waals surface area contributed by atoms with Gasteiger partial charge in [-0.05, 0) is 37.9 Å². The molecule has 0 atom stereocenters. The summed E-state index contributed by atoms with van der Waals surface area (Å²) in [5.41, 5.74) is 2.12. The van der Waals surface area contributed by atoms with Crippen molar-refractivity contribution in [1.82, 2.24) is 4.98 Å². The van der Waals surface area contributed by atoms with Crippen LogP contribution < -0.4 is 0 Å². The normalized spacial score (nSPS) is 10.5. The van der Waals surface area contributed by atoms with Crippen molar-refractivity contribution in [3.05, 3.63) is 39.4 Å². The van der Waals surface area contributed by atoms with Crippen molar-refractivity contribution in [3.63, 3.8) is 0 Å². The Balaban J connectivity index is 2.79. The van der Waals surface area contributed by atoms with Gasteiger partial charge in [-0.25, -0.2) is 0 Å². The lowest BCUT2D eigenvalue weighted by atomic mass is 10.2. The molecule has 0 spiro atoms. The first kappa shape index (κ1) is 8.20. The molecular formula is C9H5Br2N. The van der Waals surface area contributed by atoms with Crippen LogP contribution in [-0.2, 0) is 0 Å². The van der Waals surface area contributed by atoms with Crippen LogP contribution in [0.2, 0.25) is 0 Å². The van der Waals surface area contributed by atoms with Crippen molar-refractivity contribution >= 4 is 31.9 Å². The highest BCUT2D eigenvalue weighted by molar-refractivity contribution is 9.11. The van der Waals surface area contributed by atoms with Gasteiger partial charge in [0.05, 0.1) is 5.69 Å². The fourth-order valence-corrected chi connectivity index (χ4v) is 1.98. The molecule has 0 N–H and O–H groups in total. The van der Waals surface area contributed by atoms with Crippen LogP contribution in [0, 0.1) is 0 Å². The van der Waals surface area contributed by atoms with Gasteiger partial charge in [0.2, 0.25) is 0 Å². The van der Waals surface area contributed by atoms with Crippen LogP contribution in [0.5, 0.6) is 0 Å². The molecule has 0 bridgehead atoms. The molecule has 0 radical (unpaired) electrons. The van der Waals surface area contributed by atoms with E-state index < -0.39 is 0 Å². The van der Waals surface area contributed by atoms with Gasteiger partial charge in [-0.2, -0.15) is 0 Å². The van der Waals surface area contributed by atoms with E-state index in [1.807, 2.05) is 30.5 Å². The van der Waals surface area contributed by atoms with Gasteiger partial charge in [0.1, 0.15) is 0 Å². The summed E-state index contributed by atoms with van der Waals surface area (Å²) < 4.78 is 2.06. The molecule has 3 heteroatoms. The molecule has 2 rings (SSSR count). The maximum atomic E-state index is 4.26. The minimum Gasteiger partial charge on any atom is -0.254 e. The molecule has 0 aromatic heterocycles. The molecule has 1 aliphatic heterocycles. The summed E-state index contributed by atoms with van der Waals surface area (Å²) in [5.74, 6) is 0. The summed E-state index contributed by atoms with van der Waals surface area (Å²) in [6.07, 6.45) is 1.81. The molecule has 2 aliphatic rings. The van der Waals surface area contributed by atoms with Gasteiger partial charge in [0.15, 0.2) is 0 Å². The second-order valence-corrected chi connectivity index (χ2v) is 4.14. The highest BCUT2D eigenvalue weighted by Crippen LogP contribution is 2.33. The quantitative estimate of drug-likeness (QED) is 0.719. The van der Waals surface area contributed by atoms with E-state index in [0.29, 0.717) is 0 Å². The van der Waals surface area contributed by atoms with E-state index in [-0.39, 0.29) is 0 Å². The standard InChI is InChI=1S/C9H5Br2N/c10-7-4-2-1-3-6-8(11)5-12-9(6)7/h1-5H. The first-order valence-electron chi connectivity index (χ1n) is 3.48. The molecule has 0 amide bonds. The van der Waals surface area contributed by atoms with E-state index in [0.717, 1.165) is 20.2 Å². The Morgan fingerprint density at radius 3 is 2.58 bits per heavy atom. The smallest absolute Gasteiger partial charge is 0.0856 e. The number of aromatic nitrogens is 1. The second-order valence-electron chi connectivity index (χ2n) is 2.43. The minimum absolute atomic E-state index is 0.992. The number of nitrogens with zero attached hydrogens (tertiary/aromatic N) is 1. The van der Waals surface area contributed by atoms with E-state index in [1.54, 1.807) is 0 Å². The van der Waals surface area contributed by atoms with Gasteiger partial charge >= 0.3 is 0 Å².